The van der Waals surface area contributed by atoms with Gasteiger partial charge in [0.05, 0.1) is 0 Å². The molecule has 0 saturated carbocycles. The lowest BCUT2D eigenvalue weighted by atomic mass is 10.0. The molecular weight excluding hydrogens is 245 g/mol. The van der Waals surface area contributed by atoms with Gasteiger partial charge in [-0.1, -0.05) is 25.0 Å². The number of rotatable bonds is 3. The van der Waals surface area contributed by atoms with Crippen molar-refractivity contribution in [2.45, 2.75) is 44.7 Å². The van der Waals surface area contributed by atoms with Crippen molar-refractivity contribution in [1.29, 1.82) is 0 Å². The molecule has 1 aromatic rings. The maximum Gasteiger partial charge on any atom is 0.320 e. The normalized spacial score (nSPS) is 22.7. The van der Waals surface area contributed by atoms with E-state index in [1.165, 1.54) is 12.1 Å². The van der Waals surface area contributed by atoms with Gasteiger partial charge in [-0.15, -0.1) is 0 Å². The molecule has 1 aliphatic rings. The summed E-state index contributed by atoms with van der Waals surface area (Å²) in [5.74, 6) is -1.02. The molecule has 1 aromatic carbocycles. The first-order valence-corrected chi connectivity index (χ1v) is 6.83. The molecule has 1 N–H and O–H groups in total. The van der Waals surface area contributed by atoms with Crippen LogP contribution in [0.15, 0.2) is 24.3 Å². The van der Waals surface area contributed by atoms with Gasteiger partial charge in [0, 0.05) is 6.04 Å². The molecule has 0 aromatic heterocycles. The molecule has 104 valence electrons. The Kier molecular flexibility index (Phi) is 4.53. The summed E-state index contributed by atoms with van der Waals surface area (Å²) in [6.07, 6.45) is 3.76. The first-order chi connectivity index (χ1) is 9.09. The molecule has 0 radical (unpaired) electrons. The van der Waals surface area contributed by atoms with Crippen LogP contribution in [0, 0.1) is 5.82 Å². The van der Waals surface area contributed by atoms with Gasteiger partial charge in [-0.2, -0.15) is 0 Å². The van der Waals surface area contributed by atoms with Crippen molar-refractivity contribution in [3.8, 4) is 0 Å². The van der Waals surface area contributed by atoms with E-state index in [2.05, 4.69) is 0 Å². The van der Waals surface area contributed by atoms with E-state index in [4.69, 9.17) is 0 Å². The predicted molar refractivity (Wildman–Crippen MR) is 71.4 cm³/mol. The summed E-state index contributed by atoms with van der Waals surface area (Å²) in [7, 11) is 0. The quantitative estimate of drug-likeness (QED) is 0.912. The topological polar surface area (TPSA) is 40.5 Å². The van der Waals surface area contributed by atoms with E-state index in [1.54, 1.807) is 12.1 Å². The van der Waals surface area contributed by atoms with E-state index in [0.717, 1.165) is 31.4 Å². The fraction of sp³-hybridized carbons (Fsp3) is 0.533. The number of halogens is 1. The Hall–Kier alpha value is -1.42. The summed E-state index contributed by atoms with van der Waals surface area (Å²) in [5.41, 5.74) is 0.967. The van der Waals surface area contributed by atoms with E-state index in [-0.39, 0.29) is 11.9 Å². The maximum atomic E-state index is 13.0. The minimum Gasteiger partial charge on any atom is -0.480 e. The van der Waals surface area contributed by atoms with Crippen molar-refractivity contribution in [3.63, 3.8) is 0 Å². The minimum absolute atomic E-state index is 0.000185. The number of likely N-dealkylation sites (tertiary alicyclic amines) is 1. The lowest BCUT2D eigenvalue weighted by molar-refractivity contribution is -0.144. The molecule has 2 atom stereocenters. The fourth-order valence-electron chi connectivity index (χ4n) is 2.79. The Morgan fingerprint density at radius 1 is 1.32 bits per heavy atom. The summed E-state index contributed by atoms with van der Waals surface area (Å²) >= 11 is 0. The van der Waals surface area contributed by atoms with Gasteiger partial charge >= 0.3 is 5.97 Å². The van der Waals surface area contributed by atoms with Crippen LogP contribution in [0.5, 0.6) is 0 Å². The zero-order valence-electron chi connectivity index (χ0n) is 11.2. The number of hydrogen-bond acceptors (Lipinski definition) is 2. The minimum atomic E-state index is -0.754. The Labute approximate surface area is 113 Å². The van der Waals surface area contributed by atoms with Crippen molar-refractivity contribution >= 4 is 5.97 Å². The molecule has 1 heterocycles. The van der Waals surface area contributed by atoms with Crippen LogP contribution in [0.1, 0.15) is 44.2 Å². The Morgan fingerprint density at radius 3 is 2.63 bits per heavy atom. The Balaban J connectivity index is 2.20. The van der Waals surface area contributed by atoms with Crippen LogP contribution in [0.4, 0.5) is 4.39 Å². The van der Waals surface area contributed by atoms with E-state index in [0.29, 0.717) is 6.42 Å². The molecule has 0 aliphatic carbocycles. The highest BCUT2D eigenvalue weighted by Crippen LogP contribution is 2.28. The number of nitrogens with zero attached hydrogens (tertiary/aromatic N) is 1. The third kappa shape index (κ3) is 3.32. The predicted octanol–water partition coefficient (Wildman–Crippen LogP) is 3.22. The average Bonchev–Trinajstić information content (AvgIpc) is 2.64. The van der Waals surface area contributed by atoms with E-state index < -0.39 is 12.0 Å². The molecule has 19 heavy (non-hydrogen) atoms. The number of carboxylic acid groups (broad SMARTS) is 1. The van der Waals surface area contributed by atoms with Gasteiger partial charge < -0.3 is 5.11 Å². The smallest absolute Gasteiger partial charge is 0.320 e. The standard InChI is InChI=1S/C15H20FNO2/c1-11(12-6-8-13(16)9-7-12)17-10-4-2-3-5-14(17)15(18)19/h6-9,11,14H,2-5,10H2,1H3,(H,18,19). The van der Waals surface area contributed by atoms with E-state index in [9.17, 15) is 14.3 Å². The van der Waals surface area contributed by atoms with Crippen molar-refractivity contribution in [2.75, 3.05) is 6.54 Å². The number of carboxylic acids is 1. The highest BCUT2D eigenvalue weighted by atomic mass is 19.1. The van der Waals surface area contributed by atoms with Crippen molar-refractivity contribution in [2.24, 2.45) is 0 Å². The summed E-state index contributed by atoms with van der Waals surface area (Å²) in [5, 5.41) is 9.37. The van der Waals surface area contributed by atoms with Crippen LogP contribution in [-0.2, 0) is 4.79 Å². The van der Waals surface area contributed by atoms with Crippen LogP contribution in [0.2, 0.25) is 0 Å². The van der Waals surface area contributed by atoms with Crippen LogP contribution in [-0.4, -0.2) is 28.6 Å². The zero-order chi connectivity index (χ0) is 13.8. The third-order valence-electron chi connectivity index (χ3n) is 3.93. The largest absolute Gasteiger partial charge is 0.480 e. The number of aliphatic carboxylic acids is 1. The second-order valence-corrected chi connectivity index (χ2v) is 5.17. The van der Waals surface area contributed by atoms with Gasteiger partial charge in [-0.25, -0.2) is 4.39 Å². The Morgan fingerprint density at radius 2 is 2.00 bits per heavy atom. The van der Waals surface area contributed by atoms with Crippen molar-refractivity contribution in [1.82, 2.24) is 4.90 Å². The van der Waals surface area contributed by atoms with Gasteiger partial charge in [0.1, 0.15) is 11.9 Å². The van der Waals surface area contributed by atoms with Gasteiger partial charge in [0.2, 0.25) is 0 Å². The van der Waals surface area contributed by atoms with Gasteiger partial charge in [-0.05, 0) is 44.0 Å². The van der Waals surface area contributed by atoms with Gasteiger partial charge in [0.25, 0.3) is 0 Å². The van der Waals surface area contributed by atoms with E-state index in [1.807, 2.05) is 11.8 Å². The maximum absolute atomic E-state index is 13.0. The van der Waals surface area contributed by atoms with Gasteiger partial charge in [-0.3, -0.25) is 9.69 Å². The summed E-state index contributed by atoms with van der Waals surface area (Å²) in [6, 6.07) is 5.91. The molecule has 1 saturated heterocycles. The van der Waals surface area contributed by atoms with E-state index >= 15 is 0 Å². The van der Waals surface area contributed by atoms with Crippen molar-refractivity contribution in [3.05, 3.63) is 35.6 Å². The van der Waals surface area contributed by atoms with Crippen molar-refractivity contribution < 1.29 is 14.3 Å². The van der Waals surface area contributed by atoms with Crippen LogP contribution in [0.25, 0.3) is 0 Å². The summed E-state index contributed by atoms with van der Waals surface area (Å²) < 4.78 is 13.0. The monoisotopic (exact) mass is 265 g/mol. The molecule has 0 spiro atoms. The molecule has 0 amide bonds. The van der Waals surface area contributed by atoms with Crippen LogP contribution < -0.4 is 0 Å². The summed E-state index contributed by atoms with van der Waals surface area (Å²) in [6.45, 7) is 2.78. The summed E-state index contributed by atoms with van der Waals surface area (Å²) in [4.78, 5) is 13.4. The molecule has 0 bridgehead atoms. The molecule has 2 rings (SSSR count). The zero-order valence-corrected chi connectivity index (χ0v) is 11.2. The molecule has 3 nitrogen and oxygen atoms in total. The highest BCUT2D eigenvalue weighted by Gasteiger charge is 2.30. The molecular formula is C15H20FNO2. The van der Waals surface area contributed by atoms with Crippen LogP contribution >= 0.6 is 0 Å². The number of hydrogen-bond donors (Lipinski definition) is 1. The van der Waals surface area contributed by atoms with Crippen LogP contribution in [0.3, 0.4) is 0 Å². The SMILES string of the molecule is CC(c1ccc(F)cc1)N1CCCCCC1C(=O)O. The fourth-order valence-corrected chi connectivity index (χ4v) is 2.79. The Bertz CT molecular complexity index is 432. The molecule has 4 heteroatoms. The molecule has 1 fully saturated rings. The number of benzene rings is 1. The molecule has 1 aliphatic heterocycles. The first kappa shape index (κ1) is 14.0. The first-order valence-electron chi connectivity index (χ1n) is 6.83. The highest BCUT2D eigenvalue weighted by molar-refractivity contribution is 5.73. The molecule has 2 unspecified atom stereocenters. The van der Waals surface area contributed by atoms with Gasteiger partial charge in [0.15, 0.2) is 0 Å². The second kappa shape index (κ2) is 6.15. The lowest BCUT2D eigenvalue weighted by Gasteiger charge is -2.33. The lowest BCUT2D eigenvalue weighted by Crippen LogP contribution is -2.42. The second-order valence-electron chi connectivity index (χ2n) is 5.17. The number of carbonyl (C=O) groups is 1. The average molecular weight is 265 g/mol. The third-order valence-corrected chi connectivity index (χ3v) is 3.93.